The second kappa shape index (κ2) is 6.04. The Bertz CT molecular complexity index is 849. The van der Waals surface area contributed by atoms with E-state index in [1.165, 1.54) is 0 Å². The van der Waals surface area contributed by atoms with Gasteiger partial charge in [-0.1, -0.05) is 6.07 Å². The van der Waals surface area contributed by atoms with Crippen molar-refractivity contribution in [3.8, 4) is 11.5 Å². The number of hydrogen-bond acceptors (Lipinski definition) is 3. The number of rotatable bonds is 5. The number of carboxylic acid groups (broad SMARTS) is 1. The average Bonchev–Trinajstić information content (AvgIpc) is 2.89. The number of carbonyl (C=O) groups is 1. The Morgan fingerprint density at radius 1 is 1.13 bits per heavy atom. The predicted octanol–water partition coefficient (Wildman–Crippen LogP) is 3.46. The number of ether oxygens (including phenoxy) is 2. The maximum absolute atomic E-state index is 11.3. The van der Waals surface area contributed by atoms with E-state index in [0.29, 0.717) is 12.2 Å². The average molecular weight is 311 g/mol. The zero-order chi connectivity index (χ0) is 16.4. The third-order valence-electron chi connectivity index (χ3n) is 3.86. The summed E-state index contributed by atoms with van der Waals surface area (Å²) in [6.45, 7) is 0.358. The fraction of sp³-hybridized carbons (Fsp3) is 0.167. The topological polar surface area (TPSA) is 60.7 Å². The van der Waals surface area contributed by atoms with Gasteiger partial charge in [0.25, 0.3) is 0 Å². The van der Waals surface area contributed by atoms with Gasteiger partial charge in [0.15, 0.2) is 0 Å². The number of methoxy groups -OCH3 is 1. The van der Waals surface area contributed by atoms with E-state index in [0.717, 1.165) is 28.1 Å². The highest BCUT2D eigenvalue weighted by atomic mass is 16.5. The van der Waals surface area contributed by atoms with Crippen molar-refractivity contribution in [3.63, 3.8) is 0 Å². The second-order valence-corrected chi connectivity index (χ2v) is 5.20. The van der Waals surface area contributed by atoms with Crippen molar-refractivity contribution in [2.45, 2.75) is 6.61 Å². The van der Waals surface area contributed by atoms with Gasteiger partial charge in [0.05, 0.1) is 18.4 Å². The Hall–Kier alpha value is -2.95. The molecule has 3 rings (SSSR count). The highest BCUT2D eigenvalue weighted by Crippen LogP contribution is 2.24. The van der Waals surface area contributed by atoms with Crippen molar-refractivity contribution >= 4 is 16.9 Å². The van der Waals surface area contributed by atoms with Crippen LogP contribution in [0.5, 0.6) is 11.5 Å². The summed E-state index contributed by atoms with van der Waals surface area (Å²) >= 11 is 0. The van der Waals surface area contributed by atoms with Crippen LogP contribution in [0.25, 0.3) is 10.9 Å². The van der Waals surface area contributed by atoms with Gasteiger partial charge in [0.1, 0.15) is 18.1 Å². The molecule has 0 aliphatic heterocycles. The number of fused-ring (bicyclic) bond motifs is 1. The van der Waals surface area contributed by atoms with Gasteiger partial charge in [-0.05, 0) is 42.5 Å². The first-order chi connectivity index (χ1) is 11.1. The fourth-order valence-corrected chi connectivity index (χ4v) is 2.57. The quantitative estimate of drug-likeness (QED) is 0.784. The summed E-state index contributed by atoms with van der Waals surface area (Å²) < 4.78 is 12.8. The summed E-state index contributed by atoms with van der Waals surface area (Å²) in [5, 5.41) is 10.0. The van der Waals surface area contributed by atoms with Crippen molar-refractivity contribution in [3.05, 3.63) is 59.8 Å². The molecule has 0 saturated carbocycles. The van der Waals surface area contributed by atoms with Crippen molar-refractivity contribution in [1.82, 2.24) is 4.57 Å². The van der Waals surface area contributed by atoms with Gasteiger partial charge in [-0.15, -0.1) is 0 Å². The Kier molecular flexibility index (Phi) is 3.93. The Labute approximate surface area is 133 Å². The molecule has 118 valence electrons. The maximum Gasteiger partial charge on any atom is 0.336 e. The summed E-state index contributed by atoms with van der Waals surface area (Å²) in [5.41, 5.74) is 2.08. The van der Waals surface area contributed by atoms with Gasteiger partial charge < -0.3 is 19.1 Å². The zero-order valence-corrected chi connectivity index (χ0v) is 12.9. The molecule has 0 spiro atoms. The summed E-state index contributed by atoms with van der Waals surface area (Å²) in [6, 6.07) is 14.5. The smallest absolute Gasteiger partial charge is 0.336 e. The molecule has 5 nitrogen and oxygen atoms in total. The lowest BCUT2D eigenvalue weighted by molar-refractivity contribution is 0.0699. The molecule has 2 aromatic carbocycles. The third kappa shape index (κ3) is 2.85. The lowest BCUT2D eigenvalue weighted by atomic mass is 10.1. The molecule has 0 fully saturated rings. The van der Waals surface area contributed by atoms with Crippen LogP contribution in [0.2, 0.25) is 0 Å². The van der Waals surface area contributed by atoms with Gasteiger partial charge in [-0.2, -0.15) is 0 Å². The van der Waals surface area contributed by atoms with Crippen molar-refractivity contribution < 1.29 is 19.4 Å². The number of nitrogens with zero attached hydrogens (tertiary/aromatic N) is 1. The van der Waals surface area contributed by atoms with Gasteiger partial charge in [-0.25, -0.2) is 4.79 Å². The Morgan fingerprint density at radius 3 is 2.48 bits per heavy atom. The van der Waals surface area contributed by atoms with Crippen molar-refractivity contribution in [1.29, 1.82) is 0 Å². The van der Waals surface area contributed by atoms with E-state index in [1.807, 2.05) is 48.0 Å². The summed E-state index contributed by atoms with van der Waals surface area (Å²) in [4.78, 5) is 11.3. The molecular formula is C18H17NO4. The van der Waals surface area contributed by atoms with Crippen LogP contribution in [0.4, 0.5) is 0 Å². The predicted molar refractivity (Wildman–Crippen MR) is 87.2 cm³/mol. The number of aryl methyl sites for hydroxylation is 1. The first-order valence-corrected chi connectivity index (χ1v) is 7.17. The zero-order valence-electron chi connectivity index (χ0n) is 12.9. The van der Waals surface area contributed by atoms with Crippen LogP contribution in [0.1, 0.15) is 16.1 Å². The van der Waals surface area contributed by atoms with Gasteiger partial charge in [0, 0.05) is 18.0 Å². The van der Waals surface area contributed by atoms with Crippen molar-refractivity contribution in [2.75, 3.05) is 7.11 Å². The van der Waals surface area contributed by atoms with E-state index in [1.54, 1.807) is 19.2 Å². The van der Waals surface area contributed by atoms with E-state index in [9.17, 15) is 9.90 Å². The molecule has 1 heterocycles. The number of aromatic nitrogens is 1. The molecule has 1 N–H and O–H groups in total. The lowest BCUT2D eigenvalue weighted by Gasteiger charge is -2.08. The lowest BCUT2D eigenvalue weighted by Crippen LogP contribution is -2.01. The fourth-order valence-electron chi connectivity index (χ4n) is 2.57. The normalized spacial score (nSPS) is 10.7. The first-order valence-electron chi connectivity index (χ1n) is 7.17. The molecular weight excluding hydrogens is 294 g/mol. The maximum atomic E-state index is 11.3. The van der Waals surface area contributed by atoms with Crippen LogP contribution >= 0.6 is 0 Å². The highest BCUT2D eigenvalue weighted by Gasteiger charge is 2.13. The minimum Gasteiger partial charge on any atom is -0.497 e. The summed E-state index contributed by atoms with van der Waals surface area (Å²) in [7, 11) is 3.52. The molecule has 0 bridgehead atoms. The molecule has 0 saturated heterocycles. The van der Waals surface area contributed by atoms with Gasteiger partial charge in [-0.3, -0.25) is 0 Å². The Morgan fingerprint density at radius 2 is 1.83 bits per heavy atom. The minimum absolute atomic E-state index is 0.300. The van der Waals surface area contributed by atoms with Gasteiger partial charge >= 0.3 is 5.97 Å². The minimum atomic E-state index is -0.927. The molecule has 0 radical (unpaired) electrons. The molecule has 5 heteroatoms. The monoisotopic (exact) mass is 311 g/mol. The second-order valence-electron chi connectivity index (χ2n) is 5.20. The van der Waals surface area contributed by atoms with E-state index in [-0.39, 0.29) is 0 Å². The molecule has 0 amide bonds. The van der Waals surface area contributed by atoms with Crippen LogP contribution in [0.15, 0.2) is 48.5 Å². The molecule has 23 heavy (non-hydrogen) atoms. The third-order valence-corrected chi connectivity index (χ3v) is 3.86. The molecule has 0 unspecified atom stereocenters. The van der Waals surface area contributed by atoms with E-state index in [4.69, 9.17) is 9.47 Å². The van der Waals surface area contributed by atoms with Crippen LogP contribution in [-0.2, 0) is 13.7 Å². The largest absolute Gasteiger partial charge is 0.497 e. The van der Waals surface area contributed by atoms with Crippen LogP contribution in [0.3, 0.4) is 0 Å². The summed E-state index contributed by atoms with van der Waals surface area (Å²) in [6.07, 6.45) is 0. The summed E-state index contributed by atoms with van der Waals surface area (Å²) in [5.74, 6) is 0.575. The number of aromatic carboxylic acids is 1. The van der Waals surface area contributed by atoms with E-state index < -0.39 is 5.97 Å². The highest BCUT2D eigenvalue weighted by molar-refractivity contribution is 6.03. The van der Waals surface area contributed by atoms with Crippen molar-refractivity contribution in [2.24, 2.45) is 7.05 Å². The Balaban J connectivity index is 1.86. The van der Waals surface area contributed by atoms with Crippen LogP contribution < -0.4 is 9.47 Å². The molecule has 0 atom stereocenters. The first kappa shape index (κ1) is 15.0. The van der Waals surface area contributed by atoms with E-state index in [2.05, 4.69) is 0 Å². The van der Waals surface area contributed by atoms with Crippen LogP contribution in [-0.4, -0.2) is 22.8 Å². The molecule has 3 aromatic rings. The standard InChI is InChI=1S/C18H17NO4/c1-19-12(11-23-14-8-6-13(22-2)7-9-14)10-16-15(18(20)21)4-3-5-17(16)19/h3-10H,11H2,1-2H3,(H,20,21). The number of hydrogen-bond donors (Lipinski definition) is 1. The SMILES string of the molecule is COc1ccc(OCc2cc3c(C(=O)O)cccc3n2C)cc1. The number of benzene rings is 2. The van der Waals surface area contributed by atoms with E-state index >= 15 is 0 Å². The van der Waals surface area contributed by atoms with Gasteiger partial charge in [0.2, 0.25) is 0 Å². The molecule has 0 aliphatic rings. The number of carboxylic acids is 1. The van der Waals surface area contributed by atoms with Crippen LogP contribution in [0, 0.1) is 0 Å². The molecule has 0 aliphatic carbocycles. The molecule has 1 aromatic heterocycles.